The normalized spacial score (nSPS) is 18.7. The van der Waals surface area contributed by atoms with Crippen LogP contribution in [-0.4, -0.2) is 20.3 Å². The molecule has 0 aliphatic heterocycles. The molecule has 1 aliphatic carbocycles. The van der Waals surface area contributed by atoms with Crippen molar-refractivity contribution in [1.82, 2.24) is 0 Å². The molecule has 0 bridgehead atoms. The number of hydrogen-bond donors (Lipinski definition) is 1. The largest absolute Gasteiger partial charge is 0.385 e. The maximum absolute atomic E-state index is 5.30. The van der Waals surface area contributed by atoms with Crippen molar-refractivity contribution in [3.63, 3.8) is 0 Å². The highest BCUT2D eigenvalue weighted by Gasteiger charge is 2.30. The third kappa shape index (κ3) is 3.99. The highest BCUT2D eigenvalue weighted by Crippen LogP contribution is 2.42. The number of anilines is 1. The fraction of sp³-hybridized carbons (Fsp3) is 0.733. The van der Waals surface area contributed by atoms with E-state index in [2.05, 4.69) is 22.1 Å². The van der Waals surface area contributed by atoms with Gasteiger partial charge in [0, 0.05) is 31.3 Å². The summed E-state index contributed by atoms with van der Waals surface area (Å²) >= 11 is 1.76. The molecule has 1 fully saturated rings. The molecule has 1 heterocycles. The summed E-state index contributed by atoms with van der Waals surface area (Å²) in [4.78, 5) is 0. The SMILES string of the molecule is COCCC1(CCNc2ccsc2)CCCCC1. The van der Waals surface area contributed by atoms with Crippen molar-refractivity contribution in [2.45, 2.75) is 44.9 Å². The molecule has 18 heavy (non-hydrogen) atoms. The minimum atomic E-state index is 0.539. The fourth-order valence-corrected chi connectivity index (χ4v) is 3.69. The monoisotopic (exact) mass is 267 g/mol. The third-order valence-electron chi connectivity index (χ3n) is 4.26. The van der Waals surface area contributed by atoms with Crippen molar-refractivity contribution in [2.75, 3.05) is 25.6 Å². The van der Waals surface area contributed by atoms with Gasteiger partial charge >= 0.3 is 0 Å². The van der Waals surface area contributed by atoms with Crippen LogP contribution >= 0.6 is 11.3 Å². The van der Waals surface area contributed by atoms with Crippen LogP contribution in [0.4, 0.5) is 5.69 Å². The van der Waals surface area contributed by atoms with Crippen molar-refractivity contribution in [2.24, 2.45) is 5.41 Å². The zero-order valence-electron chi connectivity index (χ0n) is 11.4. The predicted molar refractivity (Wildman–Crippen MR) is 79.4 cm³/mol. The van der Waals surface area contributed by atoms with Gasteiger partial charge in [-0.05, 0) is 42.5 Å². The Balaban J connectivity index is 1.80. The van der Waals surface area contributed by atoms with Crippen LogP contribution in [0.1, 0.15) is 44.9 Å². The van der Waals surface area contributed by atoms with E-state index >= 15 is 0 Å². The molecule has 1 saturated carbocycles. The highest BCUT2D eigenvalue weighted by molar-refractivity contribution is 7.08. The predicted octanol–water partition coefficient (Wildman–Crippen LogP) is 4.54. The van der Waals surface area contributed by atoms with Gasteiger partial charge in [0.05, 0.1) is 0 Å². The highest BCUT2D eigenvalue weighted by atomic mass is 32.1. The zero-order chi connectivity index (χ0) is 12.7. The number of thiophene rings is 1. The molecular formula is C15H25NOS. The summed E-state index contributed by atoms with van der Waals surface area (Å²) < 4.78 is 5.30. The van der Waals surface area contributed by atoms with Crippen LogP contribution in [0.15, 0.2) is 16.8 Å². The van der Waals surface area contributed by atoms with E-state index < -0.39 is 0 Å². The Labute approximate surface area is 115 Å². The molecule has 0 aromatic carbocycles. The van der Waals surface area contributed by atoms with Gasteiger partial charge in [0.15, 0.2) is 0 Å². The van der Waals surface area contributed by atoms with Gasteiger partial charge in [-0.1, -0.05) is 19.3 Å². The van der Waals surface area contributed by atoms with E-state index in [1.807, 2.05) is 7.11 Å². The standard InChI is InChI=1S/C15H25NOS/c1-17-11-9-15(6-3-2-4-7-15)8-10-16-14-5-12-18-13-14/h5,12-13,16H,2-4,6-11H2,1H3. The maximum Gasteiger partial charge on any atom is 0.0467 e. The summed E-state index contributed by atoms with van der Waals surface area (Å²) in [6.45, 7) is 2.01. The quantitative estimate of drug-likeness (QED) is 0.783. The summed E-state index contributed by atoms with van der Waals surface area (Å²) in [5.74, 6) is 0. The Kier molecular flexibility index (Phi) is 5.51. The molecule has 3 heteroatoms. The summed E-state index contributed by atoms with van der Waals surface area (Å²) in [7, 11) is 1.82. The van der Waals surface area contributed by atoms with Gasteiger partial charge in [-0.3, -0.25) is 0 Å². The van der Waals surface area contributed by atoms with Gasteiger partial charge in [-0.25, -0.2) is 0 Å². The van der Waals surface area contributed by atoms with Crippen molar-refractivity contribution in [3.05, 3.63) is 16.8 Å². The number of rotatable bonds is 7. The molecule has 2 nitrogen and oxygen atoms in total. The fourth-order valence-electron chi connectivity index (χ4n) is 3.08. The van der Waals surface area contributed by atoms with E-state index in [0.29, 0.717) is 5.41 Å². The molecule has 1 aliphatic rings. The van der Waals surface area contributed by atoms with Gasteiger partial charge in [0.1, 0.15) is 0 Å². The van der Waals surface area contributed by atoms with Gasteiger partial charge in [-0.2, -0.15) is 11.3 Å². The van der Waals surface area contributed by atoms with Crippen molar-refractivity contribution >= 4 is 17.0 Å². The molecular weight excluding hydrogens is 242 g/mol. The third-order valence-corrected chi connectivity index (χ3v) is 4.94. The molecule has 1 aromatic rings. The second-order valence-electron chi connectivity index (χ2n) is 5.49. The minimum Gasteiger partial charge on any atom is -0.385 e. The maximum atomic E-state index is 5.30. The molecule has 0 radical (unpaired) electrons. The summed E-state index contributed by atoms with van der Waals surface area (Å²) in [6, 6.07) is 2.16. The Morgan fingerprint density at radius 2 is 2.11 bits per heavy atom. The second-order valence-corrected chi connectivity index (χ2v) is 6.27. The summed E-state index contributed by atoms with van der Waals surface area (Å²) in [5, 5.41) is 7.85. The van der Waals surface area contributed by atoms with Crippen LogP contribution in [0.5, 0.6) is 0 Å². The van der Waals surface area contributed by atoms with Crippen LogP contribution in [-0.2, 0) is 4.74 Å². The summed E-state index contributed by atoms with van der Waals surface area (Å²) in [5.41, 5.74) is 1.81. The number of ether oxygens (including phenoxy) is 1. The minimum absolute atomic E-state index is 0.539. The lowest BCUT2D eigenvalue weighted by molar-refractivity contribution is 0.0975. The number of hydrogen-bond acceptors (Lipinski definition) is 3. The van der Waals surface area contributed by atoms with E-state index in [0.717, 1.165) is 13.2 Å². The van der Waals surface area contributed by atoms with Gasteiger partial charge < -0.3 is 10.1 Å². The van der Waals surface area contributed by atoms with E-state index in [4.69, 9.17) is 4.74 Å². The Hall–Kier alpha value is -0.540. The molecule has 0 unspecified atom stereocenters. The first-order chi connectivity index (χ1) is 8.85. The molecule has 102 valence electrons. The van der Waals surface area contributed by atoms with Crippen molar-refractivity contribution in [1.29, 1.82) is 0 Å². The van der Waals surface area contributed by atoms with E-state index in [1.54, 1.807) is 11.3 Å². The van der Waals surface area contributed by atoms with Gasteiger partial charge in [0.25, 0.3) is 0 Å². The first kappa shape index (κ1) is 13.9. The molecule has 1 aromatic heterocycles. The Morgan fingerprint density at radius 1 is 1.28 bits per heavy atom. The molecule has 1 N–H and O–H groups in total. The van der Waals surface area contributed by atoms with E-state index in [-0.39, 0.29) is 0 Å². The molecule has 0 atom stereocenters. The van der Waals surface area contributed by atoms with Crippen molar-refractivity contribution in [3.8, 4) is 0 Å². The smallest absolute Gasteiger partial charge is 0.0467 e. The Morgan fingerprint density at radius 3 is 2.78 bits per heavy atom. The van der Waals surface area contributed by atoms with Crippen LogP contribution in [0.2, 0.25) is 0 Å². The first-order valence-corrected chi connectivity index (χ1v) is 8.04. The Bertz CT molecular complexity index is 317. The van der Waals surface area contributed by atoms with Crippen LogP contribution in [0, 0.1) is 5.41 Å². The molecule has 0 saturated heterocycles. The summed E-state index contributed by atoms with van der Waals surface area (Å²) in [6.07, 6.45) is 9.53. The van der Waals surface area contributed by atoms with Crippen molar-refractivity contribution < 1.29 is 4.74 Å². The van der Waals surface area contributed by atoms with Gasteiger partial charge in [-0.15, -0.1) is 0 Å². The average molecular weight is 267 g/mol. The van der Waals surface area contributed by atoms with Crippen LogP contribution < -0.4 is 5.32 Å². The first-order valence-electron chi connectivity index (χ1n) is 7.10. The number of nitrogens with one attached hydrogen (secondary N) is 1. The van der Waals surface area contributed by atoms with E-state index in [9.17, 15) is 0 Å². The topological polar surface area (TPSA) is 21.3 Å². The molecule has 2 rings (SSSR count). The van der Waals surface area contributed by atoms with E-state index in [1.165, 1.54) is 50.6 Å². The lowest BCUT2D eigenvalue weighted by Crippen LogP contribution is -2.28. The van der Waals surface area contributed by atoms with Crippen LogP contribution in [0.3, 0.4) is 0 Å². The number of methoxy groups -OCH3 is 1. The lowest BCUT2D eigenvalue weighted by Gasteiger charge is -2.37. The molecule has 0 amide bonds. The lowest BCUT2D eigenvalue weighted by atomic mass is 9.70. The zero-order valence-corrected chi connectivity index (χ0v) is 12.2. The molecule has 0 spiro atoms. The van der Waals surface area contributed by atoms with Crippen LogP contribution in [0.25, 0.3) is 0 Å². The average Bonchev–Trinajstić information content (AvgIpc) is 2.91. The second kappa shape index (κ2) is 7.15. The van der Waals surface area contributed by atoms with Gasteiger partial charge in [0.2, 0.25) is 0 Å².